The van der Waals surface area contributed by atoms with Crippen molar-refractivity contribution in [3.63, 3.8) is 0 Å². The van der Waals surface area contributed by atoms with E-state index < -0.39 is 0 Å². The monoisotopic (exact) mass is 338 g/mol. The highest BCUT2D eigenvalue weighted by Crippen LogP contribution is 2.29. The van der Waals surface area contributed by atoms with Crippen LogP contribution < -0.4 is 9.80 Å². The summed E-state index contributed by atoms with van der Waals surface area (Å²) in [7, 11) is 4.16. The van der Waals surface area contributed by atoms with Gasteiger partial charge < -0.3 is 9.80 Å². The van der Waals surface area contributed by atoms with Crippen LogP contribution in [-0.2, 0) is 19.5 Å². The van der Waals surface area contributed by atoms with Crippen LogP contribution in [-0.4, -0.2) is 53.6 Å². The Hall–Kier alpha value is -2.21. The van der Waals surface area contributed by atoms with Crippen LogP contribution in [0.15, 0.2) is 24.5 Å². The maximum atomic E-state index is 4.93. The Morgan fingerprint density at radius 2 is 1.80 bits per heavy atom. The van der Waals surface area contributed by atoms with Crippen molar-refractivity contribution < 1.29 is 0 Å². The summed E-state index contributed by atoms with van der Waals surface area (Å²) in [6, 6.07) is 4.19. The van der Waals surface area contributed by atoms with Crippen molar-refractivity contribution >= 4 is 11.8 Å². The SMILES string of the molecule is CN(C)c1nc(N2CCCC2)nc2c1CN(Cc1ccncc1)CC2. The van der Waals surface area contributed by atoms with Crippen LogP contribution in [0.25, 0.3) is 0 Å². The first-order valence-corrected chi connectivity index (χ1v) is 9.14. The Balaban J connectivity index is 1.60. The minimum atomic E-state index is 0.908. The zero-order chi connectivity index (χ0) is 17.2. The van der Waals surface area contributed by atoms with Gasteiger partial charge >= 0.3 is 0 Å². The Morgan fingerprint density at radius 3 is 2.52 bits per heavy atom. The Bertz CT molecular complexity index is 724. The van der Waals surface area contributed by atoms with Crippen molar-refractivity contribution in [3.8, 4) is 0 Å². The molecule has 4 heterocycles. The third kappa shape index (κ3) is 3.44. The van der Waals surface area contributed by atoms with Crippen molar-refractivity contribution in [2.24, 2.45) is 0 Å². The highest BCUT2D eigenvalue weighted by Gasteiger charge is 2.25. The molecule has 0 unspecified atom stereocenters. The van der Waals surface area contributed by atoms with E-state index in [-0.39, 0.29) is 0 Å². The number of pyridine rings is 1. The molecule has 25 heavy (non-hydrogen) atoms. The molecule has 0 bridgehead atoms. The molecule has 6 nitrogen and oxygen atoms in total. The molecule has 0 saturated carbocycles. The fourth-order valence-electron chi connectivity index (χ4n) is 3.75. The summed E-state index contributed by atoms with van der Waals surface area (Å²) in [5, 5.41) is 0. The smallest absolute Gasteiger partial charge is 0.227 e. The van der Waals surface area contributed by atoms with Crippen molar-refractivity contribution in [1.29, 1.82) is 0 Å². The first-order chi connectivity index (χ1) is 12.2. The van der Waals surface area contributed by atoms with E-state index in [9.17, 15) is 0 Å². The van der Waals surface area contributed by atoms with Crippen LogP contribution in [0.5, 0.6) is 0 Å². The fourth-order valence-corrected chi connectivity index (χ4v) is 3.75. The lowest BCUT2D eigenvalue weighted by molar-refractivity contribution is 0.243. The standard InChI is InChI=1S/C19H26N6/c1-23(2)18-16-14-24(13-15-5-8-20-9-6-15)12-7-17(16)21-19(22-18)25-10-3-4-11-25/h5-6,8-9H,3-4,7,10-14H2,1-2H3. The normalized spacial score (nSPS) is 17.6. The molecule has 2 aliphatic heterocycles. The second kappa shape index (κ2) is 6.96. The van der Waals surface area contributed by atoms with Gasteiger partial charge in [0, 0.05) is 71.2 Å². The minimum absolute atomic E-state index is 0.908. The van der Waals surface area contributed by atoms with E-state index in [0.717, 1.165) is 50.9 Å². The maximum Gasteiger partial charge on any atom is 0.227 e. The van der Waals surface area contributed by atoms with Crippen molar-refractivity contribution in [1.82, 2.24) is 19.9 Å². The van der Waals surface area contributed by atoms with Gasteiger partial charge in [-0.05, 0) is 30.5 Å². The van der Waals surface area contributed by atoms with Gasteiger partial charge in [-0.3, -0.25) is 9.88 Å². The molecule has 0 aromatic carbocycles. The molecule has 2 aromatic heterocycles. The molecule has 0 atom stereocenters. The summed E-state index contributed by atoms with van der Waals surface area (Å²) >= 11 is 0. The van der Waals surface area contributed by atoms with E-state index in [1.807, 2.05) is 12.4 Å². The Kier molecular flexibility index (Phi) is 4.53. The zero-order valence-electron chi connectivity index (χ0n) is 15.1. The molecule has 1 saturated heterocycles. The van der Waals surface area contributed by atoms with Crippen molar-refractivity contribution in [3.05, 3.63) is 41.3 Å². The van der Waals surface area contributed by atoms with Gasteiger partial charge in [0.25, 0.3) is 0 Å². The van der Waals surface area contributed by atoms with Crippen LogP contribution >= 0.6 is 0 Å². The number of rotatable bonds is 4. The van der Waals surface area contributed by atoms with E-state index in [1.165, 1.54) is 29.7 Å². The maximum absolute atomic E-state index is 4.93. The molecule has 0 spiro atoms. The van der Waals surface area contributed by atoms with Gasteiger partial charge in [0.2, 0.25) is 5.95 Å². The Labute approximate surface area is 149 Å². The molecule has 0 amide bonds. The number of anilines is 2. The largest absolute Gasteiger partial charge is 0.362 e. The lowest BCUT2D eigenvalue weighted by Crippen LogP contribution is -2.33. The van der Waals surface area contributed by atoms with E-state index in [0.29, 0.717) is 0 Å². The highest BCUT2D eigenvalue weighted by molar-refractivity contribution is 5.53. The second-order valence-electron chi connectivity index (χ2n) is 7.18. The predicted octanol–water partition coefficient (Wildman–Crippen LogP) is 2.10. The van der Waals surface area contributed by atoms with Crippen LogP contribution in [0.2, 0.25) is 0 Å². The molecular weight excluding hydrogens is 312 g/mol. The van der Waals surface area contributed by atoms with Gasteiger partial charge in [-0.2, -0.15) is 4.98 Å². The van der Waals surface area contributed by atoms with Crippen LogP contribution in [0, 0.1) is 0 Å². The summed E-state index contributed by atoms with van der Waals surface area (Å²) in [6.07, 6.45) is 7.22. The van der Waals surface area contributed by atoms with Gasteiger partial charge in [0.05, 0.1) is 5.69 Å². The molecular formula is C19H26N6. The van der Waals surface area contributed by atoms with E-state index in [4.69, 9.17) is 9.97 Å². The van der Waals surface area contributed by atoms with Crippen molar-refractivity contribution in [2.75, 3.05) is 43.5 Å². The number of fused-ring (bicyclic) bond motifs is 1. The summed E-state index contributed by atoms with van der Waals surface area (Å²) < 4.78 is 0. The van der Waals surface area contributed by atoms with Crippen LogP contribution in [0.3, 0.4) is 0 Å². The second-order valence-corrected chi connectivity index (χ2v) is 7.18. The average molecular weight is 338 g/mol. The fraction of sp³-hybridized carbons (Fsp3) is 0.526. The Morgan fingerprint density at radius 1 is 1.04 bits per heavy atom. The van der Waals surface area contributed by atoms with Gasteiger partial charge in [-0.1, -0.05) is 0 Å². The van der Waals surface area contributed by atoms with Gasteiger partial charge in [-0.15, -0.1) is 0 Å². The third-order valence-corrected chi connectivity index (χ3v) is 5.07. The molecule has 6 heteroatoms. The highest BCUT2D eigenvalue weighted by atomic mass is 15.3. The van der Waals surface area contributed by atoms with Gasteiger partial charge in [0.15, 0.2) is 0 Å². The molecule has 132 valence electrons. The lowest BCUT2D eigenvalue weighted by atomic mass is 10.0. The number of hydrogen-bond donors (Lipinski definition) is 0. The molecule has 2 aromatic rings. The third-order valence-electron chi connectivity index (χ3n) is 5.07. The van der Waals surface area contributed by atoms with Gasteiger partial charge in [-0.25, -0.2) is 4.98 Å². The van der Waals surface area contributed by atoms with Crippen LogP contribution in [0.4, 0.5) is 11.8 Å². The topological polar surface area (TPSA) is 48.4 Å². The predicted molar refractivity (Wildman–Crippen MR) is 99.9 cm³/mol. The first-order valence-electron chi connectivity index (χ1n) is 9.14. The molecule has 0 N–H and O–H groups in total. The van der Waals surface area contributed by atoms with Gasteiger partial charge in [0.1, 0.15) is 5.82 Å². The van der Waals surface area contributed by atoms with Crippen LogP contribution in [0.1, 0.15) is 29.7 Å². The first kappa shape index (κ1) is 16.3. The molecule has 4 rings (SSSR count). The number of hydrogen-bond acceptors (Lipinski definition) is 6. The lowest BCUT2D eigenvalue weighted by Gasteiger charge is -2.31. The molecule has 0 radical (unpaired) electrons. The minimum Gasteiger partial charge on any atom is -0.362 e. The number of aromatic nitrogens is 3. The van der Waals surface area contributed by atoms with E-state index in [1.54, 1.807) is 0 Å². The molecule has 2 aliphatic rings. The summed E-state index contributed by atoms with van der Waals surface area (Å²) in [5.74, 6) is 1.99. The van der Waals surface area contributed by atoms with E-state index in [2.05, 4.69) is 45.9 Å². The number of nitrogens with zero attached hydrogens (tertiary/aromatic N) is 6. The summed E-state index contributed by atoms with van der Waals surface area (Å²) in [6.45, 7) is 5.06. The van der Waals surface area contributed by atoms with E-state index >= 15 is 0 Å². The van der Waals surface area contributed by atoms with Crippen molar-refractivity contribution in [2.45, 2.75) is 32.4 Å². The summed E-state index contributed by atoms with van der Waals surface area (Å²) in [5.41, 5.74) is 3.82. The average Bonchev–Trinajstić information content (AvgIpc) is 3.16. The zero-order valence-corrected chi connectivity index (χ0v) is 15.1. The quantitative estimate of drug-likeness (QED) is 0.851. The summed E-state index contributed by atoms with van der Waals surface area (Å²) in [4.78, 5) is 20.9. The molecule has 0 aliphatic carbocycles. The molecule has 1 fully saturated rings.